The molecule has 100 valence electrons. The van der Waals surface area contributed by atoms with Gasteiger partial charge in [-0.15, -0.1) is 0 Å². The smallest absolute Gasteiger partial charge is 0.333 e. The maximum Gasteiger partial charge on any atom is 0.333 e. The first-order chi connectivity index (χ1) is 8.68. The molecule has 2 rings (SSSR count). The molecule has 1 unspecified atom stereocenters. The van der Waals surface area contributed by atoms with Crippen LogP contribution in [0.4, 0.5) is 0 Å². The Morgan fingerprint density at radius 2 is 2.17 bits per heavy atom. The van der Waals surface area contributed by atoms with Gasteiger partial charge in [-0.3, -0.25) is 4.79 Å². The molecule has 1 amide bonds. The molecule has 18 heavy (non-hydrogen) atoms. The van der Waals surface area contributed by atoms with Crippen molar-refractivity contribution in [3.05, 3.63) is 12.2 Å². The number of carboxylic acids is 1. The molecule has 2 heterocycles. The van der Waals surface area contributed by atoms with Crippen molar-refractivity contribution in [2.45, 2.75) is 25.0 Å². The third-order valence-corrected chi connectivity index (χ3v) is 3.20. The molecule has 0 bridgehead atoms. The number of carbonyl (C=O) groups excluding carboxylic acids is 1. The van der Waals surface area contributed by atoms with Crippen LogP contribution in [0.15, 0.2) is 12.2 Å². The van der Waals surface area contributed by atoms with Gasteiger partial charge < -0.3 is 19.9 Å². The van der Waals surface area contributed by atoms with Crippen molar-refractivity contribution >= 4 is 11.9 Å². The molecule has 2 N–H and O–H groups in total. The number of hydrogen-bond donors (Lipinski definition) is 2. The molecule has 6 heteroatoms. The summed E-state index contributed by atoms with van der Waals surface area (Å²) in [7, 11) is 0. The van der Waals surface area contributed by atoms with Crippen molar-refractivity contribution in [1.29, 1.82) is 0 Å². The van der Waals surface area contributed by atoms with E-state index in [0.717, 1.165) is 0 Å². The Hall–Kier alpha value is -1.40. The van der Waals surface area contributed by atoms with Gasteiger partial charge in [0.25, 0.3) is 0 Å². The summed E-state index contributed by atoms with van der Waals surface area (Å²) < 4.78 is 10.4. The highest BCUT2D eigenvalue weighted by Crippen LogP contribution is 2.20. The zero-order valence-corrected chi connectivity index (χ0v) is 10.0. The van der Waals surface area contributed by atoms with Gasteiger partial charge >= 0.3 is 5.97 Å². The Morgan fingerprint density at radius 3 is 2.83 bits per heavy atom. The average molecular weight is 255 g/mol. The van der Waals surface area contributed by atoms with E-state index in [0.29, 0.717) is 32.6 Å². The molecule has 1 fully saturated rings. The minimum absolute atomic E-state index is 0.161. The van der Waals surface area contributed by atoms with Gasteiger partial charge in [-0.1, -0.05) is 12.2 Å². The zero-order chi connectivity index (χ0) is 13.0. The molecular weight excluding hydrogens is 238 g/mol. The fraction of sp³-hybridized carbons (Fsp3) is 0.667. The highest BCUT2D eigenvalue weighted by atomic mass is 16.5. The molecule has 0 aliphatic carbocycles. The van der Waals surface area contributed by atoms with Crippen molar-refractivity contribution < 1.29 is 24.2 Å². The number of carboxylic acid groups (broad SMARTS) is 1. The Balaban J connectivity index is 1.78. The highest BCUT2D eigenvalue weighted by molar-refractivity contribution is 5.81. The average Bonchev–Trinajstić information content (AvgIpc) is 2.85. The molecule has 1 saturated heterocycles. The Kier molecular flexibility index (Phi) is 4.33. The maximum atomic E-state index is 11.8. The molecule has 2 aliphatic rings. The van der Waals surface area contributed by atoms with Gasteiger partial charge in [0.1, 0.15) is 6.10 Å². The molecule has 0 aromatic heterocycles. The van der Waals surface area contributed by atoms with Crippen LogP contribution in [-0.4, -0.2) is 48.9 Å². The molecule has 0 aromatic carbocycles. The van der Waals surface area contributed by atoms with Gasteiger partial charge in [-0.2, -0.15) is 0 Å². The summed E-state index contributed by atoms with van der Waals surface area (Å²) in [5.74, 6) is -1.32. The van der Waals surface area contributed by atoms with E-state index in [1.54, 1.807) is 0 Å². The second-order valence-electron chi connectivity index (χ2n) is 4.45. The summed E-state index contributed by atoms with van der Waals surface area (Å²) in [6, 6.07) is 0. The second kappa shape index (κ2) is 5.97. The van der Waals surface area contributed by atoms with Gasteiger partial charge in [-0.25, -0.2) is 4.79 Å². The van der Waals surface area contributed by atoms with E-state index < -0.39 is 18.2 Å². The van der Waals surface area contributed by atoms with Crippen LogP contribution >= 0.6 is 0 Å². The second-order valence-corrected chi connectivity index (χ2v) is 4.45. The fourth-order valence-electron chi connectivity index (χ4n) is 2.17. The topological polar surface area (TPSA) is 84.9 Å². The van der Waals surface area contributed by atoms with E-state index in [-0.39, 0.29) is 11.8 Å². The first kappa shape index (κ1) is 13.0. The molecule has 0 aromatic rings. The summed E-state index contributed by atoms with van der Waals surface area (Å²) in [6.07, 6.45) is 3.73. The van der Waals surface area contributed by atoms with Crippen LogP contribution in [0.5, 0.6) is 0 Å². The van der Waals surface area contributed by atoms with Crippen molar-refractivity contribution in [2.24, 2.45) is 5.92 Å². The van der Waals surface area contributed by atoms with Crippen molar-refractivity contribution in [3.8, 4) is 0 Å². The summed E-state index contributed by atoms with van der Waals surface area (Å²) in [6.45, 7) is 1.20. The monoisotopic (exact) mass is 255 g/mol. The molecule has 0 radical (unpaired) electrons. The van der Waals surface area contributed by atoms with Gasteiger partial charge in [-0.05, 0) is 6.42 Å². The lowest BCUT2D eigenvalue weighted by Crippen LogP contribution is -2.42. The normalized spacial score (nSPS) is 31.2. The van der Waals surface area contributed by atoms with Crippen LogP contribution in [0.3, 0.4) is 0 Å². The number of carbonyl (C=O) groups is 2. The Labute approximate surface area is 105 Å². The number of amides is 1. The van der Waals surface area contributed by atoms with Crippen LogP contribution in [0.2, 0.25) is 0 Å². The van der Waals surface area contributed by atoms with E-state index in [2.05, 4.69) is 5.32 Å². The molecular formula is C12H17NO5. The van der Waals surface area contributed by atoms with E-state index in [1.807, 2.05) is 12.2 Å². The van der Waals surface area contributed by atoms with Gasteiger partial charge in [0.15, 0.2) is 6.10 Å². The minimum Gasteiger partial charge on any atom is -0.479 e. The summed E-state index contributed by atoms with van der Waals surface area (Å²) in [5, 5.41) is 11.7. The van der Waals surface area contributed by atoms with Crippen LogP contribution in [-0.2, 0) is 19.1 Å². The zero-order valence-electron chi connectivity index (χ0n) is 10.0. The predicted octanol–water partition coefficient (Wildman–Crippen LogP) is -0.0626. The third kappa shape index (κ3) is 3.08. The highest BCUT2D eigenvalue weighted by Gasteiger charge is 2.34. The number of nitrogens with one attached hydrogen (secondary N) is 1. The van der Waals surface area contributed by atoms with Crippen molar-refractivity contribution in [1.82, 2.24) is 5.32 Å². The predicted molar refractivity (Wildman–Crippen MR) is 62.0 cm³/mol. The van der Waals surface area contributed by atoms with E-state index in [9.17, 15) is 9.59 Å². The van der Waals surface area contributed by atoms with Gasteiger partial charge in [0.2, 0.25) is 5.91 Å². The molecule has 0 saturated carbocycles. The third-order valence-electron chi connectivity index (χ3n) is 3.20. The summed E-state index contributed by atoms with van der Waals surface area (Å²) in [4.78, 5) is 22.7. The van der Waals surface area contributed by atoms with Crippen LogP contribution in [0.25, 0.3) is 0 Å². The van der Waals surface area contributed by atoms with Crippen molar-refractivity contribution in [2.75, 3.05) is 19.8 Å². The minimum atomic E-state index is -0.969. The van der Waals surface area contributed by atoms with E-state index in [4.69, 9.17) is 14.6 Å². The van der Waals surface area contributed by atoms with Crippen LogP contribution < -0.4 is 5.32 Å². The first-order valence-electron chi connectivity index (χ1n) is 6.07. The maximum absolute atomic E-state index is 11.8. The van der Waals surface area contributed by atoms with Crippen LogP contribution in [0.1, 0.15) is 12.8 Å². The number of aliphatic carboxylic acids is 1. The standard InChI is InChI=1S/C12H17NO5/c14-11(9-3-1-2-5-17-9)13-7-8-4-6-18-10(8)12(15)16/h1-2,8-10H,3-7H2,(H,13,14)(H,15,16)/t8-,9?,10-/m1/s1. The van der Waals surface area contributed by atoms with Gasteiger partial charge in [0, 0.05) is 25.5 Å². The lowest BCUT2D eigenvalue weighted by atomic mass is 10.0. The van der Waals surface area contributed by atoms with Crippen molar-refractivity contribution in [3.63, 3.8) is 0 Å². The molecule has 0 spiro atoms. The number of rotatable bonds is 4. The molecule has 3 atom stereocenters. The van der Waals surface area contributed by atoms with E-state index >= 15 is 0 Å². The quantitative estimate of drug-likeness (QED) is 0.687. The number of ether oxygens (including phenoxy) is 2. The van der Waals surface area contributed by atoms with E-state index in [1.165, 1.54) is 0 Å². The molecule has 2 aliphatic heterocycles. The molecule has 6 nitrogen and oxygen atoms in total. The van der Waals surface area contributed by atoms with Gasteiger partial charge in [0.05, 0.1) is 6.61 Å². The largest absolute Gasteiger partial charge is 0.479 e. The SMILES string of the molecule is O=C(NC[C@H]1CCO[C@H]1C(=O)O)C1CC=CCO1. The Morgan fingerprint density at radius 1 is 1.33 bits per heavy atom. The van der Waals surface area contributed by atoms with Crippen LogP contribution in [0, 0.1) is 5.92 Å². The summed E-state index contributed by atoms with van der Waals surface area (Å²) >= 11 is 0. The summed E-state index contributed by atoms with van der Waals surface area (Å²) in [5.41, 5.74) is 0. The Bertz CT molecular complexity index is 354. The first-order valence-corrected chi connectivity index (χ1v) is 6.07. The fourth-order valence-corrected chi connectivity index (χ4v) is 2.17. The lowest BCUT2D eigenvalue weighted by Gasteiger charge is -2.20. The number of hydrogen-bond acceptors (Lipinski definition) is 4. The lowest BCUT2D eigenvalue weighted by molar-refractivity contribution is -0.149.